The minimum absolute atomic E-state index is 0.209. The molecule has 0 spiro atoms. The molecule has 2 heterocycles. The maximum atomic E-state index is 10.7. The summed E-state index contributed by atoms with van der Waals surface area (Å²) in [6.07, 6.45) is 12.8. The van der Waals surface area contributed by atoms with Crippen LogP contribution in [0.15, 0.2) is 24.4 Å². The van der Waals surface area contributed by atoms with Gasteiger partial charge in [-0.1, -0.05) is 25.2 Å². The van der Waals surface area contributed by atoms with E-state index in [4.69, 9.17) is 0 Å². The van der Waals surface area contributed by atoms with Crippen molar-refractivity contribution in [3.05, 3.63) is 24.4 Å². The van der Waals surface area contributed by atoms with Gasteiger partial charge in [-0.15, -0.1) is 0 Å². The molecule has 3 aliphatic rings. The predicted octanol–water partition coefficient (Wildman–Crippen LogP) is 1.28. The third-order valence-corrected chi connectivity index (χ3v) is 5.48. The van der Waals surface area contributed by atoms with E-state index in [0.717, 1.165) is 13.0 Å². The molecule has 0 aromatic rings. The number of hydrogen-bond acceptors (Lipinski definition) is 3. The van der Waals surface area contributed by atoms with E-state index in [9.17, 15) is 4.79 Å². The molecule has 4 nitrogen and oxygen atoms in total. The third kappa shape index (κ3) is 1.81. The number of carbonyl (C=O) groups excluding carboxylic acids is 1. The van der Waals surface area contributed by atoms with Crippen molar-refractivity contribution in [2.45, 2.75) is 25.6 Å². The minimum atomic E-state index is 0.209. The maximum Gasteiger partial charge on any atom is 0.311 e. The van der Waals surface area contributed by atoms with Crippen LogP contribution in [0.4, 0.5) is 0 Å². The zero-order valence-corrected chi connectivity index (χ0v) is 12.8. The number of likely N-dealkylation sites (N-methyl/N-ethyl adjacent to an activating group) is 1. The van der Waals surface area contributed by atoms with Crippen molar-refractivity contribution in [3.63, 3.8) is 0 Å². The summed E-state index contributed by atoms with van der Waals surface area (Å²) < 4.78 is 0. The van der Waals surface area contributed by atoms with Crippen LogP contribution >= 0.6 is 0 Å². The molecule has 2 aliphatic heterocycles. The molecule has 0 bridgehead atoms. The van der Waals surface area contributed by atoms with E-state index >= 15 is 0 Å². The molecule has 5 unspecified atom stereocenters. The van der Waals surface area contributed by atoms with Crippen LogP contribution in [0.3, 0.4) is 0 Å². The molecule has 4 heteroatoms. The first kappa shape index (κ1) is 13.7. The van der Waals surface area contributed by atoms with E-state index in [-0.39, 0.29) is 5.41 Å². The van der Waals surface area contributed by atoms with E-state index < -0.39 is 0 Å². The van der Waals surface area contributed by atoms with Gasteiger partial charge in [-0.3, -0.25) is 9.69 Å². The normalized spacial score (nSPS) is 42.7. The van der Waals surface area contributed by atoms with E-state index in [2.05, 4.69) is 55.2 Å². The first-order valence-corrected chi connectivity index (χ1v) is 7.38. The first-order valence-electron chi connectivity index (χ1n) is 7.38. The molecule has 1 amide bonds. The summed E-state index contributed by atoms with van der Waals surface area (Å²) in [6, 6.07) is 0.513. The van der Waals surface area contributed by atoms with Crippen LogP contribution in [-0.2, 0) is 4.79 Å². The zero-order valence-electron chi connectivity index (χ0n) is 12.8. The Morgan fingerprint density at radius 2 is 2.15 bits per heavy atom. The minimum Gasteiger partial charge on any atom is -0.364 e. The van der Waals surface area contributed by atoms with Crippen molar-refractivity contribution in [3.8, 4) is 0 Å². The first-order chi connectivity index (χ1) is 9.47. The van der Waals surface area contributed by atoms with Crippen molar-refractivity contribution < 1.29 is 4.79 Å². The molecule has 109 valence electrons. The Balaban J connectivity index is 1.83. The number of fused-ring (bicyclic) bond motifs is 3. The molecular formula is C16H24N3O. The average Bonchev–Trinajstić information content (AvgIpc) is 2.85. The lowest BCUT2D eigenvalue weighted by atomic mass is 9.70. The highest BCUT2D eigenvalue weighted by molar-refractivity contribution is 5.47. The van der Waals surface area contributed by atoms with Gasteiger partial charge in [0.1, 0.15) is 0 Å². The van der Waals surface area contributed by atoms with Crippen molar-refractivity contribution in [2.75, 3.05) is 27.7 Å². The van der Waals surface area contributed by atoms with Crippen molar-refractivity contribution in [1.82, 2.24) is 14.7 Å². The van der Waals surface area contributed by atoms with Crippen molar-refractivity contribution in [1.29, 1.82) is 0 Å². The Morgan fingerprint density at radius 3 is 2.85 bits per heavy atom. The third-order valence-electron chi connectivity index (χ3n) is 5.48. The highest BCUT2D eigenvalue weighted by Gasteiger charge is 2.57. The van der Waals surface area contributed by atoms with Gasteiger partial charge in [0.05, 0.1) is 6.17 Å². The Hall–Kier alpha value is -1.29. The van der Waals surface area contributed by atoms with Crippen molar-refractivity contribution in [2.24, 2.45) is 17.3 Å². The molecule has 0 N–H and O–H groups in total. The molecule has 3 rings (SSSR count). The van der Waals surface area contributed by atoms with Gasteiger partial charge in [-0.05, 0) is 31.5 Å². The topological polar surface area (TPSA) is 26.8 Å². The number of amides is 1. The van der Waals surface area contributed by atoms with Gasteiger partial charge in [-0.25, -0.2) is 0 Å². The second-order valence-corrected chi connectivity index (χ2v) is 6.84. The fraction of sp³-hybridized carbons (Fsp3) is 0.688. The summed E-state index contributed by atoms with van der Waals surface area (Å²) in [7, 11) is 6.20. The molecule has 0 saturated carbocycles. The van der Waals surface area contributed by atoms with E-state index in [1.54, 1.807) is 4.90 Å². The number of nitrogens with zero attached hydrogens (tertiary/aromatic N) is 3. The summed E-state index contributed by atoms with van der Waals surface area (Å²) in [5.41, 5.74) is 0.209. The predicted molar refractivity (Wildman–Crippen MR) is 79.4 cm³/mol. The van der Waals surface area contributed by atoms with Gasteiger partial charge < -0.3 is 9.80 Å². The molecule has 0 aromatic heterocycles. The molecular weight excluding hydrogens is 250 g/mol. The SMILES string of the molecule is CN([C]=O)CC1C=CC2C(C1)C1(C)C=CN(C)C1N2C. The quantitative estimate of drug-likeness (QED) is 0.573. The Kier molecular flexibility index (Phi) is 3.16. The van der Waals surface area contributed by atoms with Crippen molar-refractivity contribution >= 4 is 6.41 Å². The summed E-state index contributed by atoms with van der Waals surface area (Å²) in [5.74, 6) is 1.07. The Labute approximate surface area is 121 Å². The van der Waals surface area contributed by atoms with E-state index in [1.165, 1.54) is 0 Å². The van der Waals surface area contributed by atoms with Gasteiger partial charge in [0.15, 0.2) is 0 Å². The summed E-state index contributed by atoms with van der Waals surface area (Å²) in [6.45, 7) is 3.15. The lowest BCUT2D eigenvalue weighted by molar-refractivity contribution is 0.110. The molecule has 1 fully saturated rings. The van der Waals surface area contributed by atoms with Crippen LogP contribution in [0, 0.1) is 17.3 Å². The van der Waals surface area contributed by atoms with Crippen LogP contribution in [-0.4, -0.2) is 61.0 Å². The van der Waals surface area contributed by atoms with Crippen LogP contribution in [0.25, 0.3) is 0 Å². The molecule has 1 saturated heterocycles. The van der Waals surface area contributed by atoms with Crippen LogP contribution in [0.1, 0.15) is 13.3 Å². The lowest BCUT2D eigenvalue weighted by Crippen LogP contribution is -2.43. The van der Waals surface area contributed by atoms with Crippen LogP contribution < -0.4 is 0 Å². The number of likely N-dealkylation sites (tertiary alicyclic amines) is 1. The monoisotopic (exact) mass is 274 g/mol. The van der Waals surface area contributed by atoms with Gasteiger partial charge in [0, 0.05) is 32.1 Å². The molecule has 5 atom stereocenters. The Bertz CT molecular complexity index is 461. The smallest absolute Gasteiger partial charge is 0.311 e. The molecule has 1 aliphatic carbocycles. The van der Waals surface area contributed by atoms with E-state index in [1.807, 2.05) is 13.5 Å². The second kappa shape index (κ2) is 4.62. The highest BCUT2D eigenvalue weighted by Crippen LogP contribution is 2.53. The standard InChI is InChI=1S/C16H24N3O/c1-16-7-8-18(3)15(16)19(4)14-6-5-12(9-13(14)16)10-17(2)11-20/h5-8,12-15H,9-10H2,1-4H3. The van der Waals surface area contributed by atoms with Crippen LogP contribution in [0.2, 0.25) is 0 Å². The fourth-order valence-electron chi connectivity index (χ4n) is 4.60. The fourth-order valence-corrected chi connectivity index (χ4v) is 4.60. The highest BCUT2D eigenvalue weighted by atomic mass is 16.1. The number of hydrogen-bond donors (Lipinski definition) is 0. The van der Waals surface area contributed by atoms with Gasteiger partial charge in [-0.2, -0.15) is 0 Å². The van der Waals surface area contributed by atoms with Gasteiger partial charge in [0.2, 0.25) is 0 Å². The van der Waals surface area contributed by atoms with Crippen LogP contribution in [0.5, 0.6) is 0 Å². The summed E-state index contributed by atoms with van der Waals surface area (Å²) in [4.78, 5) is 17.1. The zero-order chi connectivity index (χ0) is 14.5. The second-order valence-electron chi connectivity index (χ2n) is 6.84. The van der Waals surface area contributed by atoms with E-state index in [0.29, 0.717) is 24.0 Å². The summed E-state index contributed by atoms with van der Waals surface area (Å²) >= 11 is 0. The lowest BCUT2D eigenvalue weighted by Gasteiger charge is -2.35. The van der Waals surface area contributed by atoms with Gasteiger partial charge in [0.25, 0.3) is 0 Å². The average molecular weight is 274 g/mol. The summed E-state index contributed by atoms with van der Waals surface area (Å²) in [5, 5.41) is 0. The number of rotatable bonds is 3. The molecule has 1 radical (unpaired) electrons. The van der Waals surface area contributed by atoms with Gasteiger partial charge >= 0.3 is 6.41 Å². The Morgan fingerprint density at radius 1 is 1.40 bits per heavy atom. The molecule has 20 heavy (non-hydrogen) atoms. The maximum absolute atomic E-state index is 10.7. The largest absolute Gasteiger partial charge is 0.364 e. The molecule has 0 aromatic carbocycles.